The van der Waals surface area contributed by atoms with Gasteiger partial charge >= 0.3 is 6.36 Å². The summed E-state index contributed by atoms with van der Waals surface area (Å²) in [6.45, 7) is 3.30. The molecule has 3 nitrogen and oxygen atoms in total. The second-order valence-electron chi connectivity index (χ2n) is 3.83. The molecule has 0 saturated heterocycles. The van der Waals surface area contributed by atoms with Gasteiger partial charge in [-0.1, -0.05) is 20.8 Å². The van der Waals surface area contributed by atoms with Crippen LogP contribution in [-0.2, 0) is 4.74 Å². The second kappa shape index (κ2) is 3.63. The van der Waals surface area contributed by atoms with Crippen LogP contribution in [0, 0.1) is 5.41 Å². The van der Waals surface area contributed by atoms with Gasteiger partial charge in [-0.05, 0) is 0 Å². The van der Waals surface area contributed by atoms with Crippen LogP contribution in [0.5, 0.6) is 0 Å². The van der Waals surface area contributed by atoms with Crippen molar-refractivity contribution in [2.75, 3.05) is 0 Å². The Hall–Kier alpha value is -0.400. The highest BCUT2D eigenvalue weighted by Gasteiger charge is 2.55. The first-order chi connectivity index (χ1) is 5.90. The SMILES string of the molecule is CC(C)(C)C(O)(OC(F)(F)F)C(O)F. The molecule has 0 rings (SSSR count). The Morgan fingerprint density at radius 1 is 1.14 bits per heavy atom. The lowest BCUT2D eigenvalue weighted by atomic mass is 9.85. The van der Waals surface area contributed by atoms with Gasteiger partial charge in [-0.2, -0.15) is 0 Å². The Morgan fingerprint density at radius 2 is 1.50 bits per heavy atom. The number of hydrogen-bond acceptors (Lipinski definition) is 3. The van der Waals surface area contributed by atoms with Crippen LogP contribution in [-0.4, -0.2) is 28.7 Å². The lowest BCUT2D eigenvalue weighted by molar-refractivity contribution is -0.458. The molecule has 0 aliphatic carbocycles. The smallest absolute Gasteiger partial charge is 0.361 e. The van der Waals surface area contributed by atoms with E-state index in [2.05, 4.69) is 4.74 Å². The van der Waals surface area contributed by atoms with Gasteiger partial charge in [-0.3, -0.25) is 4.74 Å². The van der Waals surface area contributed by atoms with Crippen molar-refractivity contribution in [2.45, 2.75) is 39.3 Å². The highest BCUT2D eigenvalue weighted by molar-refractivity contribution is 4.84. The fraction of sp³-hybridized carbons (Fsp3) is 1.00. The minimum Gasteiger partial charge on any atom is -0.361 e. The summed E-state index contributed by atoms with van der Waals surface area (Å²) in [4.78, 5) is 0. The first kappa shape index (κ1) is 13.6. The van der Waals surface area contributed by atoms with Crippen LogP contribution in [0.3, 0.4) is 0 Å². The monoisotopic (exact) mass is 220 g/mol. The normalized spacial score (nSPS) is 20.4. The highest BCUT2D eigenvalue weighted by atomic mass is 19.4. The van der Waals surface area contributed by atoms with Crippen molar-refractivity contribution in [2.24, 2.45) is 5.41 Å². The fourth-order valence-electron chi connectivity index (χ4n) is 0.735. The Morgan fingerprint density at radius 3 is 1.57 bits per heavy atom. The summed E-state index contributed by atoms with van der Waals surface area (Å²) in [7, 11) is 0. The summed E-state index contributed by atoms with van der Waals surface area (Å²) >= 11 is 0. The molecule has 2 atom stereocenters. The lowest BCUT2D eigenvalue weighted by Gasteiger charge is -2.39. The van der Waals surface area contributed by atoms with Crippen molar-refractivity contribution in [3.63, 3.8) is 0 Å². The first-order valence-corrected chi connectivity index (χ1v) is 3.71. The van der Waals surface area contributed by atoms with Crippen molar-refractivity contribution < 1.29 is 32.5 Å². The van der Waals surface area contributed by atoms with E-state index in [1.165, 1.54) is 0 Å². The van der Waals surface area contributed by atoms with Gasteiger partial charge in [0.05, 0.1) is 0 Å². The highest BCUT2D eigenvalue weighted by Crippen LogP contribution is 2.39. The molecule has 86 valence electrons. The second-order valence-corrected chi connectivity index (χ2v) is 3.83. The number of ether oxygens (including phenoxy) is 1. The molecule has 0 aliphatic rings. The summed E-state index contributed by atoms with van der Waals surface area (Å²) < 4.78 is 51.0. The summed E-state index contributed by atoms with van der Waals surface area (Å²) in [5.74, 6) is -3.31. The molecule has 0 radical (unpaired) electrons. The number of halogens is 4. The van der Waals surface area contributed by atoms with Crippen LogP contribution < -0.4 is 0 Å². The molecule has 0 heterocycles. The number of aliphatic hydroxyl groups excluding tert-OH is 1. The van der Waals surface area contributed by atoms with Crippen molar-refractivity contribution in [1.82, 2.24) is 0 Å². The molecule has 0 aliphatic heterocycles. The molecule has 0 bridgehead atoms. The predicted molar refractivity (Wildman–Crippen MR) is 38.7 cm³/mol. The van der Waals surface area contributed by atoms with E-state index in [1.54, 1.807) is 0 Å². The summed E-state index contributed by atoms with van der Waals surface area (Å²) in [5, 5.41) is 17.6. The van der Waals surface area contributed by atoms with Gasteiger partial charge in [0.25, 0.3) is 6.36 Å². The molecule has 0 aromatic heterocycles. The van der Waals surface area contributed by atoms with E-state index < -0.39 is 23.9 Å². The Kier molecular flexibility index (Phi) is 3.53. The van der Waals surface area contributed by atoms with Crippen LogP contribution in [0.25, 0.3) is 0 Å². The minimum absolute atomic E-state index is 1.10. The lowest BCUT2D eigenvalue weighted by Crippen LogP contribution is -2.55. The third-order valence-corrected chi connectivity index (χ3v) is 1.67. The Bertz CT molecular complexity index is 196. The molecule has 7 heteroatoms. The van der Waals surface area contributed by atoms with Crippen molar-refractivity contribution >= 4 is 0 Å². The number of aliphatic hydroxyl groups is 2. The summed E-state index contributed by atoms with van der Waals surface area (Å²) in [5.41, 5.74) is -1.63. The van der Waals surface area contributed by atoms with Crippen LogP contribution in [0.15, 0.2) is 0 Å². The quantitative estimate of drug-likeness (QED) is 0.548. The average molecular weight is 220 g/mol. The molecule has 0 saturated carbocycles. The van der Waals surface area contributed by atoms with E-state index in [9.17, 15) is 22.7 Å². The Balaban J connectivity index is 4.94. The summed E-state index contributed by atoms with van der Waals surface area (Å²) in [6.07, 6.45) is -8.38. The molecule has 0 aromatic carbocycles. The minimum atomic E-state index is -5.23. The molecular formula is C7H12F4O3. The van der Waals surface area contributed by atoms with Gasteiger partial charge in [0.15, 0.2) is 0 Å². The number of hydrogen-bond donors (Lipinski definition) is 2. The van der Waals surface area contributed by atoms with Crippen molar-refractivity contribution in [3.05, 3.63) is 0 Å². The zero-order valence-corrected chi connectivity index (χ0v) is 7.89. The summed E-state index contributed by atoms with van der Waals surface area (Å²) in [6, 6.07) is 0. The van der Waals surface area contributed by atoms with Gasteiger partial charge in [0.2, 0.25) is 5.79 Å². The van der Waals surface area contributed by atoms with Crippen molar-refractivity contribution in [1.29, 1.82) is 0 Å². The van der Waals surface area contributed by atoms with Gasteiger partial charge in [-0.15, -0.1) is 13.2 Å². The molecule has 14 heavy (non-hydrogen) atoms. The van der Waals surface area contributed by atoms with Crippen molar-refractivity contribution in [3.8, 4) is 0 Å². The molecular weight excluding hydrogens is 208 g/mol. The third-order valence-electron chi connectivity index (χ3n) is 1.67. The molecule has 0 spiro atoms. The maximum atomic E-state index is 12.5. The fourth-order valence-corrected chi connectivity index (χ4v) is 0.735. The number of rotatable bonds is 2. The van der Waals surface area contributed by atoms with E-state index in [1.807, 2.05) is 0 Å². The van der Waals surface area contributed by atoms with Gasteiger partial charge in [0, 0.05) is 5.41 Å². The maximum Gasteiger partial charge on any atom is 0.525 e. The topological polar surface area (TPSA) is 49.7 Å². The molecule has 0 aromatic rings. The van der Waals surface area contributed by atoms with Crippen LogP contribution >= 0.6 is 0 Å². The van der Waals surface area contributed by atoms with Gasteiger partial charge < -0.3 is 10.2 Å². The van der Waals surface area contributed by atoms with Gasteiger partial charge in [-0.25, -0.2) is 4.39 Å². The standard InChI is InChI=1S/C7H12F4O3/c1-5(2,3)6(13,4(8)12)14-7(9,10)11/h4,12-13H,1-3H3. The predicted octanol–water partition coefficient (Wildman–Crippen LogP) is 1.55. The van der Waals surface area contributed by atoms with Crippen LogP contribution in [0.1, 0.15) is 20.8 Å². The zero-order valence-electron chi connectivity index (χ0n) is 7.89. The van der Waals surface area contributed by atoms with E-state index in [0.717, 1.165) is 20.8 Å². The van der Waals surface area contributed by atoms with Crippen LogP contribution in [0.2, 0.25) is 0 Å². The zero-order chi connectivity index (χ0) is 11.8. The first-order valence-electron chi connectivity index (χ1n) is 3.71. The third kappa shape index (κ3) is 3.07. The largest absolute Gasteiger partial charge is 0.525 e. The maximum absolute atomic E-state index is 12.5. The Labute approximate surface area is 78.3 Å². The van der Waals surface area contributed by atoms with E-state index in [0.29, 0.717) is 0 Å². The van der Waals surface area contributed by atoms with Gasteiger partial charge in [0.1, 0.15) is 0 Å². The molecule has 2 N–H and O–H groups in total. The number of alkyl halides is 4. The van der Waals surface area contributed by atoms with E-state index in [4.69, 9.17) is 5.11 Å². The van der Waals surface area contributed by atoms with E-state index in [-0.39, 0.29) is 0 Å². The molecule has 0 amide bonds. The molecule has 2 unspecified atom stereocenters. The average Bonchev–Trinajstić information content (AvgIpc) is 1.79. The molecule has 0 fully saturated rings. The van der Waals surface area contributed by atoms with Crippen LogP contribution in [0.4, 0.5) is 17.6 Å². The van der Waals surface area contributed by atoms with E-state index >= 15 is 0 Å².